The highest BCUT2D eigenvalue weighted by Crippen LogP contribution is 2.32. The maximum absolute atomic E-state index is 13.0. The maximum atomic E-state index is 13.0. The average Bonchev–Trinajstić information content (AvgIpc) is 2.41. The molecule has 0 bridgehead atoms. The molecule has 0 aromatic rings. The fraction of sp³-hybridized carbons (Fsp3) is 0.842. The van der Waals surface area contributed by atoms with Crippen LogP contribution in [0.25, 0.3) is 0 Å². The summed E-state index contributed by atoms with van der Waals surface area (Å²) in [5.74, 6) is 0.598. The quantitative estimate of drug-likeness (QED) is 0.707. The third-order valence-corrected chi connectivity index (χ3v) is 5.29. The molecule has 0 spiro atoms. The Hall–Kier alpha value is -0.630. The summed E-state index contributed by atoms with van der Waals surface area (Å²) in [5.41, 5.74) is -0.105. The summed E-state index contributed by atoms with van der Waals surface area (Å²) in [6, 6.07) is 0.309. The minimum Gasteiger partial charge on any atom is -0.308 e. The highest BCUT2D eigenvalue weighted by molar-refractivity contribution is 5.87. The number of hydrogen-bond donors (Lipinski definition) is 1. The van der Waals surface area contributed by atoms with E-state index in [2.05, 4.69) is 59.0 Å². The normalized spacial score (nSPS) is 26.0. The van der Waals surface area contributed by atoms with Crippen LogP contribution in [0.4, 0.5) is 0 Å². The number of carbonyl (C=O) groups is 1. The van der Waals surface area contributed by atoms with Crippen LogP contribution in [0.15, 0.2) is 12.2 Å². The van der Waals surface area contributed by atoms with Crippen molar-refractivity contribution in [3.05, 3.63) is 12.2 Å². The standard InChI is InChI=1S/C19H35NO/c1-7-18(3,4)17(21)15-13-11-9-10-12-14-16(15)20-19(5,6)8-2/h9-10,15-16,20H,7-8,11-14H2,1-6H3/b10-9-/t15-,16+/m1/s1. The van der Waals surface area contributed by atoms with Crippen molar-refractivity contribution in [2.75, 3.05) is 0 Å². The number of carbonyl (C=O) groups excluding carboxylic acids is 1. The Morgan fingerprint density at radius 1 is 1.05 bits per heavy atom. The van der Waals surface area contributed by atoms with Gasteiger partial charge in [-0.05, 0) is 52.4 Å². The molecule has 0 heterocycles. The highest BCUT2D eigenvalue weighted by Gasteiger charge is 2.37. The van der Waals surface area contributed by atoms with Crippen molar-refractivity contribution in [1.29, 1.82) is 0 Å². The van der Waals surface area contributed by atoms with E-state index in [1.807, 2.05) is 0 Å². The molecule has 0 amide bonds. The molecule has 1 aliphatic rings. The Morgan fingerprint density at radius 2 is 1.62 bits per heavy atom. The molecule has 1 N–H and O–H groups in total. The predicted molar refractivity (Wildman–Crippen MR) is 91.5 cm³/mol. The molecule has 2 atom stereocenters. The predicted octanol–water partition coefficient (Wildman–Crippen LogP) is 4.88. The van der Waals surface area contributed by atoms with E-state index in [0.717, 1.165) is 38.5 Å². The smallest absolute Gasteiger partial charge is 0.143 e. The van der Waals surface area contributed by atoms with Gasteiger partial charge in [-0.15, -0.1) is 0 Å². The van der Waals surface area contributed by atoms with Crippen molar-refractivity contribution >= 4 is 5.78 Å². The van der Waals surface area contributed by atoms with Gasteiger partial charge in [0.05, 0.1) is 0 Å². The van der Waals surface area contributed by atoms with Crippen LogP contribution < -0.4 is 5.32 Å². The van der Waals surface area contributed by atoms with Crippen molar-refractivity contribution in [3.8, 4) is 0 Å². The summed E-state index contributed by atoms with van der Waals surface area (Å²) < 4.78 is 0. The first kappa shape index (κ1) is 18.4. The molecule has 0 aromatic carbocycles. The Labute approximate surface area is 131 Å². The molecule has 0 fully saturated rings. The van der Waals surface area contributed by atoms with Crippen molar-refractivity contribution in [1.82, 2.24) is 5.32 Å². The van der Waals surface area contributed by atoms with Gasteiger partial charge >= 0.3 is 0 Å². The third-order valence-electron chi connectivity index (χ3n) is 5.29. The summed E-state index contributed by atoms with van der Waals surface area (Å²) in [7, 11) is 0. The lowest BCUT2D eigenvalue weighted by atomic mass is 9.73. The zero-order valence-electron chi connectivity index (χ0n) is 15.0. The van der Waals surface area contributed by atoms with E-state index < -0.39 is 0 Å². The van der Waals surface area contributed by atoms with E-state index in [1.165, 1.54) is 0 Å². The van der Waals surface area contributed by atoms with Crippen LogP contribution in [0.2, 0.25) is 0 Å². The van der Waals surface area contributed by atoms with Gasteiger partial charge in [0.25, 0.3) is 0 Å². The van der Waals surface area contributed by atoms with Crippen LogP contribution in [0.1, 0.15) is 80.1 Å². The van der Waals surface area contributed by atoms with E-state index >= 15 is 0 Å². The van der Waals surface area contributed by atoms with Crippen molar-refractivity contribution in [2.24, 2.45) is 11.3 Å². The van der Waals surface area contributed by atoms with Crippen molar-refractivity contribution in [2.45, 2.75) is 91.6 Å². The second-order valence-corrected chi connectivity index (χ2v) is 7.82. The molecule has 1 aliphatic carbocycles. The summed E-state index contributed by atoms with van der Waals surface area (Å²) in [5, 5.41) is 3.79. The molecule has 0 radical (unpaired) electrons. The number of nitrogens with one attached hydrogen (secondary N) is 1. The first-order chi connectivity index (χ1) is 9.73. The molecule has 0 aliphatic heterocycles. The zero-order chi connectivity index (χ0) is 16.1. The van der Waals surface area contributed by atoms with Crippen LogP contribution in [-0.2, 0) is 4.79 Å². The number of allylic oxidation sites excluding steroid dienone is 2. The summed E-state index contributed by atoms with van der Waals surface area (Å²) >= 11 is 0. The lowest BCUT2D eigenvalue weighted by molar-refractivity contribution is -0.133. The van der Waals surface area contributed by atoms with Crippen LogP contribution in [-0.4, -0.2) is 17.4 Å². The fourth-order valence-electron chi connectivity index (χ4n) is 2.96. The SMILES string of the molecule is CCC(C)(C)N[C@H]1CC/C=C\CC[C@H]1C(=O)C(C)(C)CC. The van der Waals surface area contributed by atoms with Gasteiger partial charge in [0.2, 0.25) is 0 Å². The molecule has 122 valence electrons. The fourth-order valence-corrected chi connectivity index (χ4v) is 2.96. The second-order valence-electron chi connectivity index (χ2n) is 7.82. The van der Waals surface area contributed by atoms with Gasteiger partial charge in [-0.2, -0.15) is 0 Å². The van der Waals surface area contributed by atoms with Gasteiger partial charge < -0.3 is 5.32 Å². The number of Topliss-reactive ketones (excluding diaryl/α,β-unsaturated/α-hetero) is 1. The lowest BCUT2D eigenvalue weighted by Crippen LogP contribution is -2.52. The number of rotatable bonds is 6. The Morgan fingerprint density at radius 3 is 2.14 bits per heavy atom. The highest BCUT2D eigenvalue weighted by atomic mass is 16.1. The van der Waals surface area contributed by atoms with Gasteiger partial charge in [-0.3, -0.25) is 4.79 Å². The maximum Gasteiger partial charge on any atom is 0.143 e. The minimum atomic E-state index is -0.204. The van der Waals surface area contributed by atoms with E-state index in [9.17, 15) is 4.79 Å². The van der Waals surface area contributed by atoms with Gasteiger partial charge in [-0.25, -0.2) is 0 Å². The summed E-state index contributed by atoms with van der Waals surface area (Å²) in [6.45, 7) is 13.0. The van der Waals surface area contributed by atoms with Crippen molar-refractivity contribution < 1.29 is 4.79 Å². The van der Waals surface area contributed by atoms with Gasteiger partial charge in [0.1, 0.15) is 5.78 Å². The number of hydrogen-bond acceptors (Lipinski definition) is 2. The lowest BCUT2D eigenvalue weighted by Gasteiger charge is -2.38. The van der Waals surface area contributed by atoms with Crippen molar-refractivity contribution in [3.63, 3.8) is 0 Å². The second kappa shape index (κ2) is 7.58. The molecule has 0 saturated carbocycles. The van der Waals surface area contributed by atoms with E-state index in [-0.39, 0.29) is 16.9 Å². The van der Waals surface area contributed by atoms with Crippen LogP contribution in [0.5, 0.6) is 0 Å². The molecular formula is C19H35NO. The van der Waals surface area contributed by atoms with E-state index in [4.69, 9.17) is 0 Å². The van der Waals surface area contributed by atoms with E-state index in [0.29, 0.717) is 11.8 Å². The first-order valence-electron chi connectivity index (χ1n) is 8.70. The van der Waals surface area contributed by atoms with Crippen LogP contribution in [0, 0.1) is 11.3 Å². The van der Waals surface area contributed by atoms with Gasteiger partial charge in [0, 0.05) is 22.9 Å². The first-order valence-corrected chi connectivity index (χ1v) is 8.70. The molecule has 0 saturated heterocycles. The van der Waals surface area contributed by atoms with Gasteiger partial charge in [-0.1, -0.05) is 39.8 Å². The average molecular weight is 293 g/mol. The molecule has 2 nitrogen and oxygen atoms in total. The van der Waals surface area contributed by atoms with Gasteiger partial charge in [0.15, 0.2) is 0 Å². The number of ketones is 1. The molecule has 2 heteroatoms. The molecule has 0 aromatic heterocycles. The zero-order valence-corrected chi connectivity index (χ0v) is 15.0. The molecule has 21 heavy (non-hydrogen) atoms. The Bertz CT molecular complexity index is 368. The summed E-state index contributed by atoms with van der Waals surface area (Å²) in [6.07, 6.45) is 10.7. The van der Waals surface area contributed by atoms with Crippen LogP contribution in [0.3, 0.4) is 0 Å². The topological polar surface area (TPSA) is 29.1 Å². The largest absolute Gasteiger partial charge is 0.308 e. The van der Waals surface area contributed by atoms with E-state index in [1.54, 1.807) is 0 Å². The Kier molecular flexibility index (Phi) is 6.65. The summed E-state index contributed by atoms with van der Waals surface area (Å²) in [4.78, 5) is 13.0. The molecule has 1 rings (SSSR count). The molecular weight excluding hydrogens is 258 g/mol. The monoisotopic (exact) mass is 293 g/mol. The third kappa shape index (κ3) is 5.25. The minimum absolute atomic E-state index is 0.0997. The molecule has 0 unspecified atom stereocenters. The Balaban J connectivity index is 2.96. The van der Waals surface area contributed by atoms with Crippen LogP contribution >= 0.6 is 0 Å².